The standard InChI is InChI=1S/C15H18O5/c1-10-12-9-13(19-10)15(18-8-7-17-12)20-14(16)11-5-3-2-4-6-11/h2-6,10,12-13,15H,7-9H2,1H3/t10-,12+,13+,15-/m0/s1. The Morgan fingerprint density at radius 2 is 1.90 bits per heavy atom. The van der Waals surface area contributed by atoms with Gasteiger partial charge in [-0.25, -0.2) is 4.79 Å². The van der Waals surface area contributed by atoms with E-state index in [2.05, 4.69) is 0 Å². The largest absolute Gasteiger partial charge is 0.429 e. The molecule has 0 amide bonds. The number of carbonyl (C=O) groups is 1. The van der Waals surface area contributed by atoms with Crippen LogP contribution >= 0.6 is 0 Å². The second-order valence-electron chi connectivity index (χ2n) is 5.04. The van der Waals surface area contributed by atoms with Gasteiger partial charge < -0.3 is 18.9 Å². The lowest BCUT2D eigenvalue weighted by molar-refractivity contribution is -0.179. The number of rotatable bonds is 2. The topological polar surface area (TPSA) is 54.0 Å². The lowest BCUT2D eigenvalue weighted by Crippen LogP contribution is -2.36. The first kappa shape index (κ1) is 13.5. The van der Waals surface area contributed by atoms with Crippen molar-refractivity contribution in [2.75, 3.05) is 13.2 Å². The van der Waals surface area contributed by atoms with E-state index in [9.17, 15) is 4.79 Å². The Balaban J connectivity index is 1.68. The summed E-state index contributed by atoms with van der Waals surface area (Å²) in [6.07, 6.45) is -0.183. The lowest BCUT2D eigenvalue weighted by atomic mass is 10.1. The maximum absolute atomic E-state index is 12.1. The highest BCUT2D eigenvalue weighted by molar-refractivity contribution is 5.89. The number of ether oxygens (including phenoxy) is 4. The molecule has 2 bridgehead atoms. The monoisotopic (exact) mass is 278 g/mol. The normalized spacial score (nSPS) is 33.2. The van der Waals surface area contributed by atoms with Crippen molar-refractivity contribution < 1.29 is 23.7 Å². The van der Waals surface area contributed by atoms with Crippen LogP contribution in [0.3, 0.4) is 0 Å². The zero-order chi connectivity index (χ0) is 13.9. The van der Waals surface area contributed by atoms with Gasteiger partial charge in [0.05, 0.1) is 31.0 Å². The third kappa shape index (κ3) is 2.85. The summed E-state index contributed by atoms with van der Waals surface area (Å²) in [4.78, 5) is 12.1. The molecule has 1 aromatic carbocycles. The van der Waals surface area contributed by atoms with Crippen LogP contribution in [0.4, 0.5) is 0 Å². The smallest absolute Gasteiger partial charge is 0.340 e. The zero-order valence-electron chi connectivity index (χ0n) is 11.4. The van der Waals surface area contributed by atoms with Crippen molar-refractivity contribution in [1.82, 2.24) is 0 Å². The van der Waals surface area contributed by atoms with Gasteiger partial charge in [-0.3, -0.25) is 0 Å². The summed E-state index contributed by atoms with van der Waals surface area (Å²) in [6, 6.07) is 8.89. The Hall–Kier alpha value is -1.43. The third-order valence-corrected chi connectivity index (χ3v) is 3.61. The first-order valence-electron chi connectivity index (χ1n) is 6.89. The fourth-order valence-electron chi connectivity index (χ4n) is 2.55. The fraction of sp³-hybridized carbons (Fsp3) is 0.533. The van der Waals surface area contributed by atoms with Gasteiger partial charge in [0.2, 0.25) is 6.29 Å². The molecule has 2 aliphatic heterocycles. The number of hydrogen-bond acceptors (Lipinski definition) is 5. The summed E-state index contributed by atoms with van der Waals surface area (Å²) in [5.41, 5.74) is 0.511. The molecule has 5 nitrogen and oxygen atoms in total. The molecule has 0 radical (unpaired) electrons. The predicted molar refractivity (Wildman–Crippen MR) is 70.3 cm³/mol. The molecule has 0 aromatic heterocycles. The molecule has 0 spiro atoms. The van der Waals surface area contributed by atoms with Gasteiger partial charge in [-0.1, -0.05) is 18.2 Å². The number of benzene rings is 1. The SMILES string of the molecule is C[C@@H]1O[C@@H]2C[C@H]1OCCO[C@H]2OC(=O)c1ccccc1. The Morgan fingerprint density at radius 1 is 1.15 bits per heavy atom. The first-order chi connectivity index (χ1) is 9.74. The van der Waals surface area contributed by atoms with Crippen LogP contribution in [0.25, 0.3) is 0 Å². The van der Waals surface area contributed by atoms with E-state index in [1.807, 2.05) is 13.0 Å². The molecule has 2 heterocycles. The minimum Gasteiger partial charge on any atom is -0.429 e. The van der Waals surface area contributed by atoms with Gasteiger partial charge in [0.25, 0.3) is 0 Å². The van der Waals surface area contributed by atoms with Crippen molar-refractivity contribution in [3.05, 3.63) is 35.9 Å². The highest BCUT2D eigenvalue weighted by Gasteiger charge is 2.41. The van der Waals surface area contributed by atoms with Crippen molar-refractivity contribution in [3.8, 4) is 0 Å². The van der Waals surface area contributed by atoms with Crippen molar-refractivity contribution in [3.63, 3.8) is 0 Å². The molecule has 20 heavy (non-hydrogen) atoms. The van der Waals surface area contributed by atoms with Crippen LogP contribution in [-0.2, 0) is 18.9 Å². The van der Waals surface area contributed by atoms with Crippen LogP contribution < -0.4 is 0 Å². The number of hydrogen-bond donors (Lipinski definition) is 0. The molecule has 5 heteroatoms. The summed E-state index contributed by atoms with van der Waals surface area (Å²) in [6.45, 7) is 2.85. The molecule has 2 aliphatic rings. The highest BCUT2D eigenvalue weighted by atomic mass is 16.7. The second kappa shape index (κ2) is 5.91. The molecule has 1 aromatic rings. The van der Waals surface area contributed by atoms with E-state index in [0.29, 0.717) is 25.2 Å². The van der Waals surface area contributed by atoms with E-state index >= 15 is 0 Å². The van der Waals surface area contributed by atoms with Crippen molar-refractivity contribution in [1.29, 1.82) is 0 Å². The van der Waals surface area contributed by atoms with E-state index in [4.69, 9.17) is 18.9 Å². The van der Waals surface area contributed by atoms with E-state index in [-0.39, 0.29) is 18.3 Å². The van der Waals surface area contributed by atoms with E-state index in [1.54, 1.807) is 24.3 Å². The predicted octanol–water partition coefficient (Wildman–Crippen LogP) is 1.76. The van der Waals surface area contributed by atoms with Crippen LogP contribution in [0.1, 0.15) is 23.7 Å². The molecule has 4 atom stereocenters. The highest BCUT2D eigenvalue weighted by Crippen LogP contribution is 2.29. The third-order valence-electron chi connectivity index (χ3n) is 3.61. The van der Waals surface area contributed by atoms with Gasteiger partial charge in [0.15, 0.2) is 0 Å². The second-order valence-corrected chi connectivity index (χ2v) is 5.04. The Morgan fingerprint density at radius 3 is 2.70 bits per heavy atom. The fourth-order valence-corrected chi connectivity index (χ4v) is 2.55. The van der Waals surface area contributed by atoms with Gasteiger partial charge in [-0.05, 0) is 19.1 Å². The molecule has 2 fully saturated rings. The van der Waals surface area contributed by atoms with Crippen molar-refractivity contribution >= 4 is 5.97 Å². The minimum absolute atomic E-state index is 0.000345. The van der Waals surface area contributed by atoms with E-state index in [1.165, 1.54) is 0 Å². The summed E-state index contributed by atoms with van der Waals surface area (Å²) in [5.74, 6) is -0.392. The van der Waals surface area contributed by atoms with Crippen LogP contribution in [0.2, 0.25) is 0 Å². The van der Waals surface area contributed by atoms with Crippen molar-refractivity contribution in [2.45, 2.75) is 37.9 Å². The average Bonchev–Trinajstić information content (AvgIpc) is 2.84. The van der Waals surface area contributed by atoms with E-state index < -0.39 is 12.3 Å². The maximum Gasteiger partial charge on any atom is 0.340 e. The molecule has 0 aliphatic carbocycles. The number of carbonyl (C=O) groups excluding carboxylic acids is 1. The van der Waals surface area contributed by atoms with Crippen molar-refractivity contribution in [2.24, 2.45) is 0 Å². The Labute approximate surface area is 117 Å². The number of fused-ring (bicyclic) bond motifs is 2. The maximum atomic E-state index is 12.1. The molecular weight excluding hydrogens is 260 g/mol. The zero-order valence-corrected chi connectivity index (χ0v) is 11.4. The summed E-state index contributed by atoms with van der Waals surface area (Å²) in [7, 11) is 0. The average molecular weight is 278 g/mol. The van der Waals surface area contributed by atoms with Crippen LogP contribution in [0, 0.1) is 0 Å². The quantitative estimate of drug-likeness (QED) is 0.772. The van der Waals surface area contributed by atoms with Crippen LogP contribution in [0.15, 0.2) is 30.3 Å². The van der Waals surface area contributed by atoms with Gasteiger partial charge >= 0.3 is 5.97 Å². The summed E-state index contributed by atoms with van der Waals surface area (Å²) < 4.78 is 22.4. The Bertz CT molecular complexity index is 461. The molecule has 0 N–H and O–H groups in total. The first-order valence-corrected chi connectivity index (χ1v) is 6.89. The summed E-state index contributed by atoms with van der Waals surface area (Å²) >= 11 is 0. The molecule has 3 rings (SSSR count). The van der Waals surface area contributed by atoms with E-state index in [0.717, 1.165) is 0 Å². The van der Waals surface area contributed by atoms with Crippen LogP contribution in [0.5, 0.6) is 0 Å². The van der Waals surface area contributed by atoms with Crippen LogP contribution in [-0.4, -0.2) is 43.8 Å². The molecular formula is C15H18O5. The minimum atomic E-state index is -0.668. The molecule has 2 saturated heterocycles. The summed E-state index contributed by atoms with van der Waals surface area (Å²) in [5, 5.41) is 0. The lowest BCUT2D eigenvalue weighted by Gasteiger charge is -2.25. The van der Waals surface area contributed by atoms with Gasteiger partial charge in [0.1, 0.15) is 6.10 Å². The molecule has 0 unspecified atom stereocenters. The number of esters is 1. The van der Waals surface area contributed by atoms with Gasteiger partial charge in [0, 0.05) is 6.42 Å². The molecule has 108 valence electrons. The van der Waals surface area contributed by atoms with Gasteiger partial charge in [-0.15, -0.1) is 0 Å². The van der Waals surface area contributed by atoms with Gasteiger partial charge in [-0.2, -0.15) is 0 Å². The molecule has 0 saturated carbocycles. The Kier molecular flexibility index (Phi) is 4.00.